The molecule has 0 radical (unpaired) electrons. The molecule has 0 aliphatic rings. The van der Waals surface area contributed by atoms with E-state index >= 15 is 0 Å². The molecule has 1 aromatic carbocycles. The van der Waals surface area contributed by atoms with E-state index in [1.54, 1.807) is 0 Å². The third kappa shape index (κ3) is 5.30. The van der Waals surface area contributed by atoms with Gasteiger partial charge >= 0.3 is 0 Å². The van der Waals surface area contributed by atoms with Gasteiger partial charge in [0.1, 0.15) is 0 Å². The van der Waals surface area contributed by atoms with Gasteiger partial charge in [-0.25, -0.2) is 0 Å². The summed E-state index contributed by atoms with van der Waals surface area (Å²) in [6.45, 7) is 4.26. The van der Waals surface area contributed by atoms with Gasteiger partial charge in [0, 0.05) is 17.6 Å². The van der Waals surface area contributed by atoms with Gasteiger partial charge in [-0.15, -0.1) is 0 Å². The van der Waals surface area contributed by atoms with E-state index in [-0.39, 0.29) is 6.61 Å². The lowest BCUT2D eigenvalue weighted by molar-refractivity contribution is 0.260. The van der Waals surface area contributed by atoms with Crippen LogP contribution >= 0.6 is 15.9 Å². The zero-order chi connectivity index (χ0) is 11.1. The van der Waals surface area contributed by atoms with E-state index in [9.17, 15) is 0 Å². The van der Waals surface area contributed by atoms with Gasteiger partial charge in [-0.3, -0.25) is 0 Å². The summed E-state index contributed by atoms with van der Waals surface area (Å²) in [6, 6.07) is 8.29. The number of hydrogen-bond donors (Lipinski definition) is 2. The number of rotatable bonds is 6. The molecule has 0 amide bonds. The molecule has 0 spiro atoms. The number of aliphatic hydroxyl groups excluding tert-OH is 1. The number of nitrogens with one attached hydrogen (secondary N) is 1. The van der Waals surface area contributed by atoms with Crippen molar-refractivity contribution < 1.29 is 5.11 Å². The van der Waals surface area contributed by atoms with Gasteiger partial charge in [0.15, 0.2) is 0 Å². The van der Waals surface area contributed by atoms with Crippen molar-refractivity contribution in [1.29, 1.82) is 0 Å². The Morgan fingerprint density at radius 2 is 2.27 bits per heavy atom. The van der Waals surface area contributed by atoms with Crippen molar-refractivity contribution in [2.24, 2.45) is 5.92 Å². The number of benzene rings is 1. The molecule has 15 heavy (non-hydrogen) atoms. The summed E-state index contributed by atoms with van der Waals surface area (Å²) in [5, 5.41) is 12.1. The van der Waals surface area contributed by atoms with Crippen LogP contribution in [0.1, 0.15) is 18.9 Å². The van der Waals surface area contributed by atoms with E-state index in [1.807, 2.05) is 12.1 Å². The van der Waals surface area contributed by atoms with Gasteiger partial charge in [0.05, 0.1) is 0 Å². The van der Waals surface area contributed by atoms with Crippen molar-refractivity contribution in [1.82, 2.24) is 5.32 Å². The van der Waals surface area contributed by atoms with Crippen molar-refractivity contribution in [2.45, 2.75) is 19.9 Å². The Kier molecular flexibility index (Phi) is 5.91. The van der Waals surface area contributed by atoms with Crippen LogP contribution in [-0.4, -0.2) is 18.3 Å². The number of hydrogen-bond acceptors (Lipinski definition) is 2. The molecule has 0 aromatic heterocycles. The molecule has 0 saturated carbocycles. The summed E-state index contributed by atoms with van der Waals surface area (Å²) in [5.74, 6) is 0.530. The predicted octanol–water partition coefficient (Wildman–Crippen LogP) is 2.56. The maximum absolute atomic E-state index is 8.76. The Hall–Kier alpha value is -0.380. The zero-order valence-corrected chi connectivity index (χ0v) is 10.6. The summed E-state index contributed by atoms with van der Waals surface area (Å²) in [6.07, 6.45) is 0.867. The Morgan fingerprint density at radius 1 is 1.47 bits per heavy atom. The second-order valence-electron chi connectivity index (χ2n) is 3.88. The third-order valence-electron chi connectivity index (χ3n) is 2.33. The Morgan fingerprint density at radius 3 is 2.93 bits per heavy atom. The maximum atomic E-state index is 8.76. The van der Waals surface area contributed by atoms with Crippen LogP contribution in [0.3, 0.4) is 0 Å². The average molecular weight is 272 g/mol. The minimum Gasteiger partial charge on any atom is -0.396 e. The lowest BCUT2D eigenvalue weighted by atomic mass is 10.1. The molecular formula is C12H18BrNO. The SMILES string of the molecule is CC(CCO)CNCc1cccc(Br)c1. The molecule has 84 valence electrons. The van der Waals surface area contributed by atoms with Crippen LogP contribution in [-0.2, 0) is 6.54 Å². The molecule has 1 rings (SSSR count). The molecule has 1 unspecified atom stereocenters. The second-order valence-corrected chi connectivity index (χ2v) is 4.79. The second kappa shape index (κ2) is 6.99. The van der Waals surface area contributed by atoms with Crippen molar-refractivity contribution in [3.05, 3.63) is 34.3 Å². The van der Waals surface area contributed by atoms with E-state index < -0.39 is 0 Å². The summed E-state index contributed by atoms with van der Waals surface area (Å²) in [4.78, 5) is 0. The molecule has 0 heterocycles. The summed E-state index contributed by atoms with van der Waals surface area (Å²) in [5.41, 5.74) is 1.28. The fourth-order valence-corrected chi connectivity index (χ4v) is 1.88. The van der Waals surface area contributed by atoms with E-state index in [1.165, 1.54) is 5.56 Å². The van der Waals surface area contributed by atoms with Gasteiger partial charge < -0.3 is 10.4 Å². The minimum atomic E-state index is 0.278. The lowest BCUT2D eigenvalue weighted by Crippen LogP contribution is -2.21. The van der Waals surface area contributed by atoms with Gasteiger partial charge in [0.25, 0.3) is 0 Å². The van der Waals surface area contributed by atoms with Crippen LogP contribution in [0.25, 0.3) is 0 Å². The van der Waals surface area contributed by atoms with Gasteiger partial charge in [-0.05, 0) is 36.6 Å². The van der Waals surface area contributed by atoms with E-state index in [0.717, 1.165) is 24.0 Å². The highest BCUT2D eigenvalue weighted by atomic mass is 79.9. The highest BCUT2D eigenvalue weighted by molar-refractivity contribution is 9.10. The first-order chi connectivity index (χ1) is 7.22. The highest BCUT2D eigenvalue weighted by Crippen LogP contribution is 2.11. The van der Waals surface area contributed by atoms with Crippen LogP contribution in [0.2, 0.25) is 0 Å². The molecule has 3 heteroatoms. The average Bonchev–Trinajstić information content (AvgIpc) is 2.18. The number of halogens is 1. The van der Waals surface area contributed by atoms with Crippen molar-refractivity contribution >= 4 is 15.9 Å². The fraction of sp³-hybridized carbons (Fsp3) is 0.500. The lowest BCUT2D eigenvalue weighted by Gasteiger charge is -2.11. The summed E-state index contributed by atoms with van der Waals surface area (Å²) >= 11 is 3.45. The molecule has 2 N–H and O–H groups in total. The van der Waals surface area contributed by atoms with Crippen molar-refractivity contribution in [2.75, 3.05) is 13.2 Å². The van der Waals surface area contributed by atoms with Crippen LogP contribution in [0.5, 0.6) is 0 Å². The number of aliphatic hydroxyl groups is 1. The molecule has 0 aliphatic heterocycles. The quantitative estimate of drug-likeness (QED) is 0.834. The highest BCUT2D eigenvalue weighted by Gasteiger charge is 2.00. The third-order valence-corrected chi connectivity index (χ3v) is 2.83. The first-order valence-electron chi connectivity index (χ1n) is 5.28. The molecule has 0 saturated heterocycles. The van der Waals surface area contributed by atoms with E-state index in [2.05, 4.69) is 40.3 Å². The van der Waals surface area contributed by atoms with Gasteiger partial charge in [-0.2, -0.15) is 0 Å². The standard InChI is InChI=1S/C12H18BrNO/c1-10(5-6-15)8-14-9-11-3-2-4-12(13)7-11/h2-4,7,10,14-15H,5-6,8-9H2,1H3. The van der Waals surface area contributed by atoms with Crippen LogP contribution < -0.4 is 5.32 Å². The first kappa shape index (κ1) is 12.7. The normalized spacial score (nSPS) is 12.7. The van der Waals surface area contributed by atoms with Crippen molar-refractivity contribution in [3.63, 3.8) is 0 Å². The first-order valence-corrected chi connectivity index (χ1v) is 6.07. The van der Waals surface area contributed by atoms with E-state index in [4.69, 9.17) is 5.11 Å². The molecule has 0 bridgehead atoms. The van der Waals surface area contributed by atoms with Gasteiger partial charge in [-0.1, -0.05) is 35.0 Å². The summed E-state index contributed by atoms with van der Waals surface area (Å²) < 4.78 is 1.12. The smallest absolute Gasteiger partial charge is 0.0434 e. The summed E-state index contributed by atoms with van der Waals surface area (Å²) in [7, 11) is 0. The predicted molar refractivity (Wildman–Crippen MR) is 66.7 cm³/mol. The Balaban J connectivity index is 2.25. The van der Waals surface area contributed by atoms with Crippen LogP contribution in [0.15, 0.2) is 28.7 Å². The molecule has 1 aromatic rings. The maximum Gasteiger partial charge on any atom is 0.0434 e. The Labute approximate surface area is 99.8 Å². The monoisotopic (exact) mass is 271 g/mol. The zero-order valence-electron chi connectivity index (χ0n) is 9.04. The Bertz CT molecular complexity index is 291. The van der Waals surface area contributed by atoms with Gasteiger partial charge in [0.2, 0.25) is 0 Å². The van der Waals surface area contributed by atoms with Crippen molar-refractivity contribution in [3.8, 4) is 0 Å². The topological polar surface area (TPSA) is 32.3 Å². The fourth-order valence-electron chi connectivity index (χ4n) is 1.43. The molecule has 1 atom stereocenters. The molecular weight excluding hydrogens is 254 g/mol. The van der Waals surface area contributed by atoms with E-state index in [0.29, 0.717) is 5.92 Å². The largest absolute Gasteiger partial charge is 0.396 e. The van der Waals surface area contributed by atoms with Crippen LogP contribution in [0, 0.1) is 5.92 Å². The van der Waals surface area contributed by atoms with Crippen LogP contribution in [0.4, 0.5) is 0 Å². The molecule has 2 nitrogen and oxygen atoms in total. The molecule has 0 aliphatic carbocycles. The minimum absolute atomic E-state index is 0.278. The molecule has 0 fully saturated rings.